The quantitative estimate of drug-likeness (QED) is 0.393. The molecule has 0 aromatic heterocycles. The number of carbonyl (C=O) groups excluding carboxylic acids is 4. The van der Waals surface area contributed by atoms with Gasteiger partial charge in [0.05, 0.1) is 23.4 Å². The van der Waals surface area contributed by atoms with Crippen molar-refractivity contribution in [3.8, 4) is 5.75 Å². The van der Waals surface area contributed by atoms with Gasteiger partial charge in [0.15, 0.2) is 0 Å². The molecule has 1 heterocycles. The molecule has 0 saturated heterocycles. The molecule has 3 aromatic carbocycles. The standard InChI is InChI=1S/C27H24N2O6/c1-3-34-22-16-10-9-15-21(22)28-24(30)23(18-11-5-4-6-12-18)35-27(33)17(2)29-25(31)19-13-7-8-14-20(19)26(29)32/h4-17,23H,3H2,1-2H3,(H,28,30)/t17-,23-/m0/s1. The van der Waals surface area contributed by atoms with E-state index in [0.29, 0.717) is 23.6 Å². The molecule has 4 rings (SSSR count). The number of nitrogens with zero attached hydrogens (tertiary/aromatic N) is 1. The van der Waals surface area contributed by atoms with E-state index < -0.39 is 35.8 Å². The Morgan fingerprint density at radius 2 is 1.43 bits per heavy atom. The number of esters is 1. The maximum atomic E-state index is 13.3. The van der Waals surface area contributed by atoms with Crippen molar-refractivity contribution in [1.29, 1.82) is 0 Å². The number of carbonyl (C=O) groups is 4. The van der Waals surface area contributed by atoms with Gasteiger partial charge in [-0.15, -0.1) is 0 Å². The van der Waals surface area contributed by atoms with Crippen molar-refractivity contribution >= 4 is 29.4 Å². The summed E-state index contributed by atoms with van der Waals surface area (Å²) in [6, 6.07) is 20.5. The van der Waals surface area contributed by atoms with Gasteiger partial charge in [-0.3, -0.25) is 19.3 Å². The fourth-order valence-electron chi connectivity index (χ4n) is 3.83. The highest BCUT2D eigenvalue weighted by Gasteiger charge is 2.42. The van der Waals surface area contributed by atoms with Crippen molar-refractivity contribution in [3.63, 3.8) is 0 Å². The van der Waals surface area contributed by atoms with Gasteiger partial charge in [-0.25, -0.2) is 4.79 Å². The topological polar surface area (TPSA) is 102 Å². The SMILES string of the molecule is CCOc1ccccc1NC(=O)[C@@H](OC(=O)[C@H](C)N1C(=O)c2ccccc2C1=O)c1ccccc1. The predicted octanol–water partition coefficient (Wildman–Crippen LogP) is 3.99. The number of fused-ring (bicyclic) bond motifs is 1. The van der Waals surface area contributed by atoms with E-state index in [1.54, 1.807) is 66.7 Å². The van der Waals surface area contributed by atoms with Crippen LogP contribution in [0, 0.1) is 0 Å². The number of ether oxygens (including phenoxy) is 2. The fourth-order valence-corrected chi connectivity index (χ4v) is 3.83. The van der Waals surface area contributed by atoms with Gasteiger partial charge in [-0.1, -0.05) is 54.6 Å². The molecule has 3 aromatic rings. The van der Waals surface area contributed by atoms with Crippen LogP contribution in [0.3, 0.4) is 0 Å². The maximum absolute atomic E-state index is 13.3. The Labute approximate surface area is 202 Å². The molecule has 3 amide bonds. The predicted molar refractivity (Wildman–Crippen MR) is 128 cm³/mol. The fraction of sp³-hybridized carbons (Fsp3) is 0.185. The summed E-state index contributed by atoms with van der Waals surface area (Å²) in [5.74, 6) is -2.18. The third kappa shape index (κ3) is 4.77. The highest BCUT2D eigenvalue weighted by molar-refractivity contribution is 6.22. The van der Waals surface area contributed by atoms with Gasteiger partial charge in [-0.2, -0.15) is 0 Å². The first-order valence-electron chi connectivity index (χ1n) is 11.2. The highest BCUT2D eigenvalue weighted by atomic mass is 16.6. The lowest BCUT2D eigenvalue weighted by Crippen LogP contribution is -2.44. The van der Waals surface area contributed by atoms with E-state index in [1.165, 1.54) is 19.1 Å². The van der Waals surface area contributed by atoms with Crippen LogP contribution in [0.1, 0.15) is 46.2 Å². The van der Waals surface area contributed by atoms with E-state index in [4.69, 9.17) is 9.47 Å². The first-order valence-corrected chi connectivity index (χ1v) is 11.2. The molecule has 0 bridgehead atoms. The zero-order chi connectivity index (χ0) is 24.9. The lowest BCUT2D eigenvalue weighted by atomic mass is 10.1. The van der Waals surface area contributed by atoms with Gasteiger partial charge in [0, 0.05) is 5.56 Å². The summed E-state index contributed by atoms with van der Waals surface area (Å²) >= 11 is 0. The molecule has 178 valence electrons. The van der Waals surface area contributed by atoms with Gasteiger partial charge in [0.2, 0.25) is 6.10 Å². The zero-order valence-electron chi connectivity index (χ0n) is 19.3. The van der Waals surface area contributed by atoms with Crippen molar-refractivity contribution in [2.75, 3.05) is 11.9 Å². The van der Waals surface area contributed by atoms with Crippen LogP contribution >= 0.6 is 0 Å². The third-order valence-corrected chi connectivity index (χ3v) is 5.57. The van der Waals surface area contributed by atoms with E-state index in [0.717, 1.165) is 4.90 Å². The Morgan fingerprint density at radius 1 is 0.857 bits per heavy atom. The number of benzene rings is 3. The molecule has 8 heteroatoms. The van der Waals surface area contributed by atoms with Gasteiger partial charge < -0.3 is 14.8 Å². The minimum absolute atomic E-state index is 0.224. The molecule has 1 aliphatic rings. The van der Waals surface area contributed by atoms with Crippen LogP contribution in [0.2, 0.25) is 0 Å². The minimum atomic E-state index is -1.32. The normalized spacial score (nSPS) is 14.2. The number of para-hydroxylation sites is 2. The number of hydrogen-bond acceptors (Lipinski definition) is 6. The van der Waals surface area contributed by atoms with Crippen molar-refractivity contribution in [1.82, 2.24) is 4.90 Å². The molecule has 0 saturated carbocycles. The molecule has 8 nitrogen and oxygen atoms in total. The summed E-state index contributed by atoms with van der Waals surface area (Å²) in [6.07, 6.45) is -1.32. The second-order valence-corrected chi connectivity index (χ2v) is 7.85. The molecule has 35 heavy (non-hydrogen) atoms. The lowest BCUT2D eigenvalue weighted by Gasteiger charge is -2.24. The van der Waals surface area contributed by atoms with Gasteiger partial charge in [-0.05, 0) is 38.1 Å². The van der Waals surface area contributed by atoms with Crippen molar-refractivity contribution in [2.45, 2.75) is 26.0 Å². The molecule has 1 N–H and O–H groups in total. The molecular weight excluding hydrogens is 448 g/mol. The molecular formula is C27H24N2O6. The van der Waals surface area contributed by atoms with Gasteiger partial charge >= 0.3 is 5.97 Å². The van der Waals surface area contributed by atoms with Crippen LogP contribution in [0.5, 0.6) is 5.75 Å². The third-order valence-electron chi connectivity index (χ3n) is 5.57. The van der Waals surface area contributed by atoms with Crippen molar-refractivity contribution < 1.29 is 28.7 Å². The zero-order valence-corrected chi connectivity index (χ0v) is 19.3. The second kappa shape index (κ2) is 10.2. The van der Waals surface area contributed by atoms with Crippen LogP contribution in [0.15, 0.2) is 78.9 Å². The maximum Gasteiger partial charge on any atom is 0.330 e. The summed E-state index contributed by atoms with van der Waals surface area (Å²) in [6.45, 7) is 3.63. The Bertz CT molecular complexity index is 1240. The van der Waals surface area contributed by atoms with Gasteiger partial charge in [0.25, 0.3) is 17.7 Å². The molecule has 0 radical (unpaired) electrons. The first kappa shape index (κ1) is 23.7. The van der Waals surface area contributed by atoms with E-state index in [2.05, 4.69) is 5.32 Å². The smallest absolute Gasteiger partial charge is 0.330 e. The van der Waals surface area contributed by atoms with E-state index in [9.17, 15) is 19.2 Å². The summed E-state index contributed by atoms with van der Waals surface area (Å²) in [7, 11) is 0. The Kier molecular flexibility index (Phi) is 6.91. The second-order valence-electron chi connectivity index (χ2n) is 7.85. The summed E-state index contributed by atoms with van der Waals surface area (Å²) < 4.78 is 11.2. The Hall–Kier alpha value is -4.46. The summed E-state index contributed by atoms with van der Waals surface area (Å²) in [5.41, 5.74) is 1.30. The Morgan fingerprint density at radius 3 is 2.06 bits per heavy atom. The highest BCUT2D eigenvalue weighted by Crippen LogP contribution is 2.29. The number of anilines is 1. The molecule has 0 spiro atoms. The van der Waals surface area contributed by atoms with Gasteiger partial charge in [0.1, 0.15) is 11.8 Å². The number of nitrogens with one attached hydrogen (secondary N) is 1. The molecule has 1 aliphatic heterocycles. The van der Waals surface area contributed by atoms with Crippen LogP contribution in [-0.2, 0) is 14.3 Å². The largest absolute Gasteiger partial charge is 0.492 e. The van der Waals surface area contributed by atoms with E-state index in [-0.39, 0.29) is 11.1 Å². The van der Waals surface area contributed by atoms with Crippen molar-refractivity contribution in [2.24, 2.45) is 0 Å². The number of amides is 3. The monoisotopic (exact) mass is 472 g/mol. The Balaban J connectivity index is 1.57. The first-order chi connectivity index (χ1) is 16.9. The van der Waals surface area contributed by atoms with Crippen LogP contribution in [-0.4, -0.2) is 41.2 Å². The molecule has 2 atom stereocenters. The van der Waals surface area contributed by atoms with Crippen molar-refractivity contribution in [3.05, 3.63) is 95.6 Å². The number of hydrogen-bond donors (Lipinski definition) is 1. The summed E-state index contributed by atoms with van der Waals surface area (Å²) in [4.78, 5) is 52.8. The molecule has 0 unspecified atom stereocenters. The number of imide groups is 1. The minimum Gasteiger partial charge on any atom is -0.492 e. The average Bonchev–Trinajstić information content (AvgIpc) is 3.13. The average molecular weight is 472 g/mol. The van der Waals surface area contributed by atoms with Crippen LogP contribution < -0.4 is 10.1 Å². The molecule has 0 aliphatic carbocycles. The molecule has 0 fully saturated rings. The van der Waals surface area contributed by atoms with E-state index in [1.807, 2.05) is 6.92 Å². The summed E-state index contributed by atoms with van der Waals surface area (Å²) in [5, 5.41) is 2.75. The van der Waals surface area contributed by atoms with E-state index >= 15 is 0 Å². The van der Waals surface area contributed by atoms with Crippen LogP contribution in [0.25, 0.3) is 0 Å². The lowest BCUT2D eigenvalue weighted by molar-refractivity contribution is -0.158. The number of rotatable bonds is 8. The van der Waals surface area contributed by atoms with Crippen LogP contribution in [0.4, 0.5) is 5.69 Å².